The lowest BCUT2D eigenvalue weighted by Gasteiger charge is -2.14. The Bertz CT molecular complexity index is 1600. The summed E-state index contributed by atoms with van der Waals surface area (Å²) in [5.41, 5.74) is 1.58. The molecule has 11 nitrogen and oxygen atoms in total. The molecule has 1 amide bonds. The van der Waals surface area contributed by atoms with E-state index in [1.807, 2.05) is 0 Å². The third-order valence-corrected chi connectivity index (χ3v) is 5.41. The van der Waals surface area contributed by atoms with Gasteiger partial charge >= 0.3 is 6.16 Å². The number of hydrogen-bond acceptors (Lipinski definition) is 8. The molecule has 3 aromatic heterocycles. The maximum absolute atomic E-state index is 12.8. The first-order chi connectivity index (χ1) is 17.8. The van der Waals surface area contributed by atoms with Crippen LogP contribution in [0.25, 0.3) is 16.8 Å². The van der Waals surface area contributed by atoms with Gasteiger partial charge in [0.2, 0.25) is 11.8 Å². The van der Waals surface area contributed by atoms with Crippen LogP contribution in [0.4, 0.5) is 10.5 Å². The molecular weight excluding hydrogens is 502 g/mol. The summed E-state index contributed by atoms with van der Waals surface area (Å²) in [5.74, 6) is -0.139. The molecule has 0 radical (unpaired) electrons. The topological polar surface area (TPSA) is 137 Å². The molecule has 12 heteroatoms. The van der Waals surface area contributed by atoms with Crippen molar-refractivity contribution in [2.24, 2.45) is 0 Å². The quantitative estimate of drug-likeness (QED) is 0.362. The second-order valence-electron chi connectivity index (χ2n) is 7.62. The van der Waals surface area contributed by atoms with E-state index in [0.717, 1.165) is 0 Å². The zero-order valence-electron chi connectivity index (χ0n) is 19.7. The fourth-order valence-electron chi connectivity index (χ4n) is 3.57. The number of nitrogens with one attached hydrogen (secondary N) is 1. The van der Waals surface area contributed by atoms with Crippen LogP contribution in [0.15, 0.2) is 59.8 Å². The zero-order valence-corrected chi connectivity index (χ0v) is 20.5. The van der Waals surface area contributed by atoms with Crippen LogP contribution in [0, 0.1) is 11.3 Å². The standard InChI is InChI=1S/C25H20ClN5O6/c1-3-36-25(34)37-23-14-30-11-17(6-7-21(30)29-23)28-22(32)13-31-12-20(35-2)19(9-24(31)33)18-8-16(26)5-4-15(18)10-27/h4-9,11-12,14H,3,13H2,1-2H3,(H,28,32). The number of halogens is 1. The molecule has 0 spiro atoms. The highest BCUT2D eigenvalue weighted by molar-refractivity contribution is 6.31. The summed E-state index contributed by atoms with van der Waals surface area (Å²) < 4.78 is 17.9. The molecule has 0 aliphatic rings. The number of methoxy groups -OCH3 is 1. The van der Waals surface area contributed by atoms with Gasteiger partial charge in [0.1, 0.15) is 17.9 Å². The largest absolute Gasteiger partial charge is 0.515 e. The molecule has 0 aliphatic heterocycles. The number of fused-ring (bicyclic) bond motifs is 1. The number of imidazole rings is 1. The van der Waals surface area contributed by atoms with Crippen molar-refractivity contribution in [3.8, 4) is 28.8 Å². The van der Waals surface area contributed by atoms with Gasteiger partial charge in [0.15, 0.2) is 0 Å². The number of hydrogen-bond donors (Lipinski definition) is 1. The van der Waals surface area contributed by atoms with Gasteiger partial charge in [0.05, 0.1) is 43.4 Å². The summed E-state index contributed by atoms with van der Waals surface area (Å²) in [6, 6.07) is 11.3. The Morgan fingerprint density at radius 2 is 1.95 bits per heavy atom. The third kappa shape index (κ3) is 5.71. The van der Waals surface area contributed by atoms with Crippen molar-refractivity contribution in [3.05, 3.63) is 75.9 Å². The maximum Gasteiger partial charge on any atom is 0.515 e. The van der Waals surface area contributed by atoms with E-state index in [4.69, 9.17) is 25.8 Å². The molecule has 1 aromatic carbocycles. The Morgan fingerprint density at radius 1 is 1.14 bits per heavy atom. The first-order valence-corrected chi connectivity index (χ1v) is 11.3. The van der Waals surface area contributed by atoms with Gasteiger partial charge in [-0.15, -0.1) is 0 Å². The number of aromatic nitrogens is 3. The molecule has 0 unspecified atom stereocenters. The lowest BCUT2D eigenvalue weighted by molar-refractivity contribution is -0.116. The Balaban J connectivity index is 1.53. The van der Waals surface area contributed by atoms with Crippen LogP contribution >= 0.6 is 11.6 Å². The highest BCUT2D eigenvalue weighted by Gasteiger charge is 2.16. The van der Waals surface area contributed by atoms with Crippen molar-refractivity contribution in [1.29, 1.82) is 5.26 Å². The predicted molar refractivity (Wildman–Crippen MR) is 134 cm³/mol. The maximum atomic E-state index is 12.8. The summed E-state index contributed by atoms with van der Waals surface area (Å²) in [4.78, 5) is 41.2. The number of nitrogens with zero attached hydrogens (tertiary/aromatic N) is 4. The van der Waals surface area contributed by atoms with E-state index in [2.05, 4.69) is 16.4 Å². The number of nitriles is 1. The molecule has 0 aliphatic carbocycles. The highest BCUT2D eigenvalue weighted by atomic mass is 35.5. The van der Waals surface area contributed by atoms with Crippen LogP contribution in [0.2, 0.25) is 5.02 Å². The lowest BCUT2D eigenvalue weighted by Crippen LogP contribution is -2.27. The van der Waals surface area contributed by atoms with Crippen LogP contribution in [0.1, 0.15) is 12.5 Å². The van der Waals surface area contributed by atoms with Gasteiger partial charge < -0.3 is 28.5 Å². The average Bonchev–Trinajstić information content (AvgIpc) is 3.26. The van der Waals surface area contributed by atoms with E-state index in [9.17, 15) is 19.6 Å². The fourth-order valence-corrected chi connectivity index (χ4v) is 3.74. The fraction of sp³-hybridized carbons (Fsp3) is 0.160. The van der Waals surface area contributed by atoms with Gasteiger partial charge in [-0.25, -0.2) is 4.79 Å². The first kappa shape index (κ1) is 25.3. The van der Waals surface area contributed by atoms with Crippen molar-refractivity contribution in [3.63, 3.8) is 0 Å². The van der Waals surface area contributed by atoms with Gasteiger partial charge in [-0.2, -0.15) is 10.2 Å². The number of carbonyl (C=O) groups excluding carboxylic acids is 2. The smallest absolute Gasteiger partial charge is 0.495 e. The molecule has 37 heavy (non-hydrogen) atoms. The van der Waals surface area contributed by atoms with Crippen LogP contribution in [-0.2, 0) is 16.1 Å². The van der Waals surface area contributed by atoms with Crippen LogP contribution in [-0.4, -0.2) is 39.7 Å². The number of carbonyl (C=O) groups is 2. The molecule has 188 valence electrons. The van der Waals surface area contributed by atoms with Crippen LogP contribution in [0.3, 0.4) is 0 Å². The van der Waals surface area contributed by atoms with Gasteiger partial charge in [-0.05, 0) is 37.3 Å². The third-order valence-electron chi connectivity index (χ3n) is 5.18. The minimum absolute atomic E-state index is 0.0416. The summed E-state index contributed by atoms with van der Waals surface area (Å²) >= 11 is 6.09. The van der Waals surface area contributed by atoms with Crippen molar-refractivity contribution in [1.82, 2.24) is 14.0 Å². The van der Waals surface area contributed by atoms with E-state index in [1.165, 1.54) is 30.1 Å². The summed E-state index contributed by atoms with van der Waals surface area (Å²) in [7, 11) is 1.42. The molecule has 3 heterocycles. The number of ether oxygens (including phenoxy) is 3. The molecule has 0 saturated carbocycles. The molecule has 0 saturated heterocycles. The molecular formula is C25H20ClN5O6. The highest BCUT2D eigenvalue weighted by Crippen LogP contribution is 2.32. The van der Waals surface area contributed by atoms with Crippen molar-refractivity contribution in [2.45, 2.75) is 13.5 Å². The number of rotatable bonds is 7. The number of amides is 1. The van der Waals surface area contributed by atoms with Crippen LogP contribution in [0.5, 0.6) is 11.6 Å². The SMILES string of the molecule is CCOC(=O)Oc1cn2cc(NC(=O)Cn3cc(OC)c(-c4cc(Cl)ccc4C#N)cc3=O)ccc2n1. The molecule has 1 N–H and O–H groups in total. The Hall–Kier alpha value is -4.82. The molecule has 4 rings (SSSR count). The zero-order chi connectivity index (χ0) is 26.5. The Labute approximate surface area is 215 Å². The van der Waals surface area contributed by atoms with Crippen molar-refractivity contribution < 1.29 is 23.8 Å². The molecule has 0 bridgehead atoms. The van der Waals surface area contributed by atoms with Crippen LogP contribution < -0.4 is 20.3 Å². The van der Waals surface area contributed by atoms with E-state index in [1.54, 1.807) is 47.9 Å². The molecule has 0 atom stereocenters. The number of benzene rings is 1. The minimum Gasteiger partial charge on any atom is -0.495 e. The number of pyridine rings is 2. The van der Waals surface area contributed by atoms with Gasteiger partial charge in [-0.1, -0.05) is 11.6 Å². The first-order valence-electron chi connectivity index (χ1n) is 10.9. The Morgan fingerprint density at radius 3 is 2.68 bits per heavy atom. The molecule has 0 fully saturated rings. The Kier molecular flexibility index (Phi) is 7.41. The monoisotopic (exact) mass is 521 g/mol. The summed E-state index contributed by atoms with van der Waals surface area (Å²) in [5, 5.41) is 12.5. The second-order valence-corrected chi connectivity index (χ2v) is 8.06. The van der Waals surface area contributed by atoms with Gasteiger partial charge in [0, 0.05) is 28.4 Å². The van der Waals surface area contributed by atoms with E-state index < -0.39 is 17.6 Å². The average molecular weight is 522 g/mol. The second kappa shape index (κ2) is 10.8. The molecule has 4 aromatic rings. The van der Waals surface area contributed by atoms with E-state index in [-0.39, 0.29) is 19.0 Å². The minimum atomic E-state index is -0.870. The van der Waals surface area contributed by atoms with Crippen molar-refractivity contribution in [2.75, 3.05) is 19.0 Å². The normalized spacial score (nSPS) is 10.5. The van der Waals surface area contributed by atoms with E-state index in [0.29, 0.717) is 38.8 Å². The summed E-state index contributed by atoms with van der Waals surface area (Å²) in [6.45, 7) is 1.53. The predicted octanol–water partition coefficient (Wildman–Crippen LogP) is 3.87. The summed E-state index contributed by atoms with van der Waals surface area (Å²) in [6.07, 6.45) is 3.57. The van der Waals surface area contributed by atoms with Crippen molar-refractivity contribution >= 4 is 35.0 Å². The lowest BCUT2D eigenvalue weighted by atomic mass is 10.0. The van der Waals surface area contributed by atoms with Gasteiger partial charge in [-0.3, -0.25) is 9.59 Å². The van der Waals surface area contributed by atoms with E-state index >= 15 is 0 Å². The number of anilines is 1. The van der Waals surface area contributed by atoms with Gasteiger partial charge in [0.25, 0.3) is 5.56 Å².